The van der Waals surface area contributed by atoms with E-state index in [1.807, 2.05) is 0 Å². The second kappa shape index (κ2) is 4.48. The molecule has 0 radical (unpaired) electrons. The Bertz CT molecular complexity index is 621. The molecule has 2 N–H and O–H groups in total. The van der Waals surface area contributed by atoms with Crippen LogP contribution < -0.4 is 0 Å². The van der Waals surface area contributed by atoms with Gasteiger partial charge in [0.15, 0.2) is 0 Å². The maximum absolute atomic E-state index is 13.0. The van der Waals surface area contributed by atoms with Crippen molar-refractivity contribution >= 4 is 22.8 Å². The van der Waals surface area contributed by atoms with E-state index in [1.165, 1.54) is 31.3 Å². The summed E-state index contributed by atoms with van der Waals surface area (Å²) < 4.78 is 13.0. The summed E-state index contributed by atoms with van der Waals surface area (Å²) in [6, 6.07) is 5.62. The number of halogens is 1. The molecule has 0 spiro atoms. The van der Waals surface area contributed by atoms with Crippen molar-refractivity contribution < 1.29 is 19.1 Å². The number of H-pyrrole nitrogens is 1. The molecule has 18 heavy (non-hydrogen) atoms. The van der Waals surface area contributed by atoms with Crippen LogP contribution in [0.15, 0.2) is 24.3 Å². The number of carbonyl (C=O) groups excluding carboxylic acids is 1. The van der Waals surface area contributed by atoms with Crippen LogP contribution in [0.1, 0.15) is 10.5 Å². The van der Waals surface area contributed by atoms with E-state index in [-0.39, 0.29) is 18.1 Å². The van der Waals surface area contributed by atoms with Crippen LogP contribution in [0.3, 0.4) is 0 Å². The Morgan fingerprint density at radius 3 is 2.78 bits per heavy atom. The Kier molecular flexibility index (Phi) is 3.01. The molecule has 1 aromatic heterocycles. The highest BCUT2D eigenvalue weighted by atomic mass is 19.1. The Morgan fingerprint density at radius 2 is 2.11 bits per heavy atom. The lowest BCUT2D eigenvalue weighted by molar-refractivity contribution is -0.137. The molecule has 0 aliphatic carbocycles. The second-order valence-corrected chi connectivity index (χ2v) is 3.97. The van der Waals surface area contributed by atoms with Crippen LogP contribution in [0, 0.1) is 5.82 Å². The van der Waals surface area contributed by atoms with Gasteiger partial charge in [0.05, 0.1) is 0 Å². The van der Waals surface area contributed by atoms with Crippen molar-refractivity contribution in [3.05, 3.63) is 35.8 Å². The first-order valence-electron chi connectivity index (χ1n) is 5.23. The predicted octanol–water partition coefficient (Wildman–Crippen LogP) is 1.46. The topological polar surface area (TPSA) is 73.4 Å². The van der Waals surface area contributed by atoms with E-state index in [9.17, 15) is 14.0 Å². The fraction of sp³-hybridized carbons (Fsp3) is 0.167. The molecule has 0 fully saturated rings. The van der Waals surface area contributed by atoms with Crippen molar-refractivity contribution in [1.29, 1.82) is 0 Å². The summed E-state index contributed by atoms with van der Waals surface area (Å²) in [6.45, 7) is -0.386. The molecule has 6 heteroatoms. The first-order chi connectivity index (χ1) is 8.47. The number of carbonyl (C=O) groups is 2. The smallest absolute Gasteiger partial charge is 0.323 e. The van der Waals surface area contributed by atoms with Gasteiger partial charge in [-0.25, -0.2) is 4.39 Å². The van der Waals surface area contributed by atoms with Gasteiger partial charge in [0, 0.05) is 18.0 Å². The first-order valence-corrected chi connectivity index (χ1v) is 5.23. The Balaban J connectivity index is 2.30. The third-order valence-corrected chi connectivity index (χ3v) is 2.53. The first kappa shape index (κ1) is 12.1. The number of amides is 1. The molecule has 2 rings (SSSR count). The van der Waals surface area contributed by atoms with E-state index < -0.39 is 11.9 Å². The number of likely N-dealkylation sites (N-methyl/N-ethyl adjacent to an activating group) is 1. The molecule has 5 nitrogen and oxygen atoms in total. The van der Waals surface area contributed by atoms with Crippen LogP contribution in [0.25, 0.3) is 10.9 Å². The monoisotopic (exact) mass is 250 g/mol. The number of hydrogen-bond donors (Lipinski definition) is 2. The SMILES string of the molecule is CN(CC(=O)O)C(=O)c1cc2cc(F)ccc2[nH]1. The maximum atomic E-state index is 13.0. The molecule has 94 valence electrons. The van der Waals surface area contributed by atoms with Gasteiger partial charge in [-0.3, -0.25) is 9.59 Å². The summed E-state index contributed by atoms with van der Waals surface area (Å²) in [5, 5.41) is 9.17. The van der Waals surface area contributed by atoms with E-state index in [0.29, 0.717) is 10.9 Å². The number of carboxylic acid groups (broad SMARTS) is 1. The van der Waals surface area contributed by atoms with Crippen LogP contribution >= 0.6 is 0 Å². The lowest BCUT2D eigenvalue weighted by Crippen LogP contribution is -2.32. The van der Waals surface area contributed by atoms with Crippen molar-refractivity contribution in [2.45, 2.75) is 0 Å². The van der Waals surface area contributed by atoms with Crippen LogP contribution in [0.4, 0.5) is 4.39 Å². The quantitative estimate of drug-likeness (QED) is 0.866. The number of benzene rings is 1. The average Bonchev–Trinajstić information content (AvgIpc) is 2.69. The molecule has 0 aliphatic heterocycles. The summed E-state index contributed by atoms with van der Waals surface area (Å²) in [6.07, 6.45) is 0. The van der Waals surface area contributed by atoms with Gasteiger partial charge < -0.3 is 15.0 Å². The standard InChI is InChI=1S/C12H11FN2O3/c1-15(6-11(16)17)12(18)10-5-7-4-8(13)2-3-9(7)14-10/h2-5,14H,6H2,1H3,(H,16,17). The fourth-order valence-electron chi connectivity index (χ4n) is 1.70. The minimum absolute atomic E-state index is 0.236. The minimum Gasteiger partial charge on any atom is -0.480 e. The largest absolute Gasteiger partial charge is 0.480 e. The minimum atomic E-state index is -1.09. The van der Waals surface area contributed by atoms with Crippen molar-refractivity contribution in [1.82, 2.24) is 9.88 Å². The highest BCUT2D eigenvalue weighted by molar-refractivity contribution is 5.98. The maximum Gasteiger partial charge on any atom is 0.323 e. The van der Waals surface area contributed by atoms with Gasteiger partial charge in [0.1, 0.15) is 18.1 Å². The number of nitrogens with one attached hydrogen (secondary N) is 1. The Morgan fingerprint density at radius 1 is 1.39 bits per heavy atom. The van der Waals surface area contributed by atoms with Crippen LogP contribution in [-0.4, -0.2) is 40.5 Å². The van der Waals surface area contributed by atoms with E-state index >= 15 is 0 Å². The molecule has 0 saturated heterocycles. The van der Waals surface area contributed by atoms with Gasteiger partial charge in [-0.15, -0.1) is 0 Å². The van der Waals surface area contributed by atoms with Crippen molar-refractivity contribution in [2.24, 2.45) is 0 Å². The molecular formula is C12H11FN2O3. The summed E-state index contributed by atoms with van der Waals surface area (Å²) >= 11 is 0. The van der Waals surface area contributed by atoms with Gasteiger partial charge >= 0.3 is 5.97 Å². The normalized spacial score (nSPS) is 10.6. The van der Waals surface area contributed by atoms with Gasteiger partial charge in [0.2, 0.25) is 0 Å². The molecule has 1 heterocycles. The van der Waals surface area contributed by atoms with Crippen LogP contribution in [-0.2, 0) is 4.79 Å². The van der Waals surface area contributed by atoms with E-state index in [0.717, 1.165) is 4.90 Å². The highest BCUT2D eigenvalue weighted by Gasteiger charge is 2.16. The number of carboxylic acids is 1. The van der Waals surface area contributed by atoms with E-state index in [4.69, 9.17) is 5.11 Å². The molecule has 0 unspecified atom stereocenters. The van der Waals surface area contributed by atoms with Crippen LogP contribution in [0.2, 0.25) is 0 Å². The zero-order chi connectivity index (χ0) is 13.3. The molecule has 2 aromatic rings. The van der Waals surface area contributed by atoms with Crippen molar-refractivity contribution in [3.63, 3.8) is 0 Å². The highest BCUT2D eigenvalue weighted by Crippen LogP contribution is 2.17. The predicted molar refractivity (Wildman–Crippen MR) is 62.9 cm³/mol. The van der Waals surface area contributed by atoms with Gasteiger partial charge in [-0.2, -0.15) is 0 Å². The van der Waals surface area contributed by atoms with Crippen molar-refractivity contribution in [2.75, 3.05) is 13.6 Å². The lowest BCUT2D eigenvalue weighted by atomic mass is 10.2. The third kappa shape index (κ3) is 2.32. The molecule has 0 atom stereocenters. The van der Waals surface area contributed by atoms with Gasteiger partial charge in [0.25, 0.3) is 5.91 Å². The zero-order valence-corrected chi connectivity index (χ0v) is 9.61. The lowest BCUT2D eigenvalue weighted by Gasteiger charge is -2.12. The summed E-state index contributed by atoms with van der Waals surface area (Å²) in [5.74, 6) is -1.93. The third-order valence-electron chi connectivity index (χ3n) is 2.53. The number of aromatic nitrogens is 1. The zero-order valence-electron chi connectivity index (χ0n) is 9.61. The summed E-state index contributed by atoms with van der Waals surface area (Å²) in [5.41, 5.74) is 0.864. The second-order valence-electron chi connectivity index (χ2n) is 3.97. The van der Waals surface area contributed by atoms with Gasteiger partial charge in [-0.05, 0) is 24.3 Å². The summed E-state index contributed by atoms with van der Waals surface area (Å²) in [4.78, 5) is 26.3. The number of nitrogens with zero attached hydrogens (tertiary/aromatic N) is 1. The van der Waals surface area contributed by atoms with Crippen LogP contribution in [0.5, 0.6) is 0 Å². The molecule has 1 amide bonds. The molecule has 1 aromatic carbocycles. The van der Waals surface area contributed by atoms with Crippen molar-refractivity contribution in [3.8, 4) is 0 Å². The molecule has 0 saturated carbocycles. The Hall–Kier alpha value is -2.37. The summed E-state index contributed by atoms with van der Waals surface area (Å²) in [7, 11) is 1.39. The number of hydrogen-bond acceptors (Lipinski definition) is 2. The number of fused-ring (bicyclic) bond motifs is 1. The number of rotatable bonds is 3. The van der Waals surface area contributed by atoms with Gasteiger partial charge in [-0.1, -0.05) is 0 Å². The fourth-order valence-corrected chi connectivity index (χ4v) is 1.70. The molecular weight excluding hydrogens is 239 g/mol. The van der Waals surface area contributed by atoms with E-state index in [2.05, 4.69) is 4.98 Å². The van der Waals surface area contributed by atoms with E-state index in [1.54, 1.807) is 0 Å². The molecule has 0 bridgehead atoms. The number of aromatic amines is 1. The molecule has 0 aliphatic rings. The number of aliphatic carboxylic acids is 1. The Labute approximate surface area is 102 Å². The average molecular weight is 250 g/mol.